The van der Waals surface area contributed by atoms with Gasteiger partial charge in [-0.1, -0.05) is 32.0 Å². The second-order valence-corrected chi connectivity index (χ2v) is 6.86. The zero-order valence-corrected chi connectivity index (χ0v) is 15.8. The second-order valence-electron chi connectivity index (χ2n) is 6.86. The molecule has 138 valence electrons. The lowest BCUT2D eigenvalue weighted by Gasteiger charge is -2.37. The van der Waals surface area contributed by atoms with Crippen molar-refractivity contribution < 1.29 is 4.79 Å². The van der Waals surface area contributed by atoms with E-state index in [2.05, 4.69) is 71.4 Å². The van der Waals surface area contributed by atoms with Gasteiger partial charge in [0.25, 0.3) is 0 Å². The molecule has 4 nitrogen and oxygen atoms in total. The fraction of sp³-hybridized carbons (Fsp3) is 0.409. The lowest BCUT2D eigenvalue weighted by atomic mass is 10.0. The van der Waals surface area contributed by atoms with Crippen molar-refractivity contribution in [2.75, 3.05) is 41.3 Å². The zero-order valence-electron chi connectivity index (χ0n) is 15.8. The topological polar surface area (TPSA) is 35.6 Å². The molecule has 1 fully saturated rings. The molecule has 1 aliphatic heterocycles. The summed E-state index contributed by atoms with van der Waals surface area (Å²) in [6, 6.07) is 18.8. The number of hydrogen-bond donors (Lipinski definition) is 1. The Morgan fingerprint density at radius 1 is 0.846 bits per heavy atom. The average Bonchev–Trinajstić information content (AvgIpc) is 2.70. The van der Waals surface area contributed by atoms with E-state index in [1.54, 1.807) is 0 Å². The fourth-order valence-corrected chi connectivity index (χ4v) is 3.52. The Morgan fingerprint density at radius 2 is 1.35 bits per heavy atom. The summed E-state index contributed by atoms with van der Waals surface area (Å²) in [5.74, 6) is 0.222. The standard InChI is InChI=1S/C22H29N3O/c1-3-18(4-2)22(26)23-19-10-12-21(13-11-19)25-16-14-24(15-17-25)20-8-6-5-7-9-20/h5-13,18H,3-4,14-17H2,1-2H3,(H,23,26). The van der Waals surface area contributed by atoms with Gasteiger partial charge in [-0.25, -0.2) is 0 Å². The first kappa shape index (κ1) is 18.3. The van der Waals surface area contributed by atoms with Gasteiger partial charge in [-0.3, -0.25) is 4.79 Å². The largest absolute Gasteiger partial charge is 0.368 e. The number of piperazine rings is 1. The van der Waals surface area contributed by atoms with Crippen molar-refractivity contribution in [2.45, 2.75) is 26.7 Å². The van der Waals surface area contributed by atoms with Crippen molar-refractivity contribution in [1.29, 1.82) is 0 Å². The van der Waals surface area contributed by atoms with Crippen molar-refractivity contribution >= 4 is 23.0 Å². The van der Waals surface area contributed by atoms with Crippen molar-refractivity contribution in [3.8, 4) is 0 Å². The summed E-state index contributed by atoms with van der Waals surface area (Å²) < 4.78 is 0. The van der Waals surface area contributed by atoms with E-state index in [0.29, 0.717) is 0 Å². The van der Waals surface area contributed by atoms with Gasteiger partial charge in [0.15, 0.2) is 0 Å². The highest BCUT2D eigenvalue weighted by Gasteiger charge is 2.18. The van der Waals surface area contributed by atoms with Crippen molar-refractivity contribution in [3.05, 3.63) is 54.6 Å². The summed E-state index contributed by atoms with van der Waals surface area (Å²) in [5, 5.41) is 3.04. The summed E-state index contributed by atoms with van der Waals surface area (Å²) in [4.78, 5) is 17.0. The number of nitrogens with zero attached hydrogens (tertiary/aromatic N) is 2. The highest BCUT2D eigenvalue weighted by Crippen LogP contribution is 2.22. The van der Waals surface area contributed by atoms with E-state index in [9.17, 15) is 4.79 Å². The van der Waals surface area contributed by atoms with E-state index < -0.39 is 0 Å². The summed E-state index contributed by atoms with van der Waals surface area (Å²) >= 11 is 0. The molecule has 0 aliphatic carbocycles. The van der Waals surface area contributed by atoms with E-state index in [4.69, 9.17) is 0 Å². The molecule has 2 aromatic carbocycles. The molecule has 0 atom stereocenters. The van der Waals surface area contributed by atoms with E-state index in [-0.39, 0.29) is 11.8 Å². The average molecular weight is 351 g/mol. The molecule has 1 saturated heterocycles. The number of anilines is 3. The van der Waals surface area contributed by atoms with E-state index in [1.807, 2.05) is 12.1 Å². The zero-order chi connectivity index (χ0) is 18.4. The van der Waals surface area contributed by atoms with Gasteiger partial charge in [0.05, 0.1) is 0 Å². The van der Waals surface area contributed by atoms with Crippen molar-refractivity contribution in [2.24, 2.45) is 5.92 Å². The first-order valence-corrected chi connectivity index (χ1v) is 9.67. The third kappa shape index (κ3) is 4.37. The van der Waals surface area contributed by atoms with Gasteiger partial charge in [-0.2, -0.15) is 0 Å². The fourth-order valence-electron chi connectivity index (χ4n) is 3.52. The molecule has 0 bridgehead atoms. The lowest BCUT2D eigenvalue weighted by Crippen LogP contribution is -2.46. The first-order chi connectivity index (χ1) is 12.7. The Labute approximate surface area is 156 Å². The van der Waals surface area contributed by atoms with Gasteiger partial charge in [0.2, 0.25) is 5.91 Å². The number of carbonyl (C=O) groups excluding carboxylic acids is 1. The normalized spacial score (nSPS) is 14.6. The number of hydrogen-bond acceptors (Lipinski definition) is 3. The molecule has 0 unspecified atom stereocenters. The van der Waals surface area contributed by atoms with Crippen LogP contribution in [0.1, 0.15) is 26.7 Å². The maximum atomic E-state index is 12.2. The second kappa shape index (κ2) is 8.75. The smallest absolute Gasteiger partial charge is 0.227 e. The Balaban J connectivity index is 1.55. The number of para-hydroxylation sites is 1. The SMILES string of the molecule is CCC(CC)C(=O)Nc1ccc(N2CCN(c3ccccc3)CC2)cc1. The van der Waals surface area contributed by atoms with Crippen LogP contribution in [0.15, 0.2) is 54.6 Å². The van der Waals surface area contributed by atoms with Crippen LogP contribution in [0.25, 0.3) is 0 Å². The molecule has 1 N–H and O–H groups in total. The van der Waals surface area contributed by atoms with E-state index in [0.717, 1.165) is 44.7 Å². The molecular weight excluding hydrogens is 322 g/mol. The van der Waals surface area contributed by atoms with Crippen LogP contribution in [-0.2, 0) is 4.79 Å². The predicted molar refractivity (Wildman–Crippen MR) is 110 cm³/mol. The number of carbonyl (C=O) groups is 1. The van der Waals surface area contributed by atoms with Crippen molar-refractivity contribution in [1.82, 2.24) is 0 Å². The molecule has 0 aromatic heterocycles. The third-order valence-electron chi connectivity index (χ3n) is 5.26. The van der Waals surface area contributed by atoms with Gasteiger partial charge >= 0.3 is 0 Å². The minimum Gasteiger partial charge on any atom is -0.368 e. The Hall–Kier alpha value is -2.49. The minimum absolute atomic E-state index is 0.0979. The molecule has 3 rings (SSSR count). The van der Waals surface area contributed by atoms with Crippen LogP contribution in [0.2, 0.25) is 0 Å². The van der Waals surface area contributed by atoms with Crippen LogP contribution in [0.3, 0.4) is 0 Å². The third-order valence-corrected chi connectivity index (χ3v) is 5.26. The van der Waals surface area contributed by atoms with Crippen molar-refractivity contribution in [3.63, 3.8) is 0 Å². The maximum Gasteiger partial charge on any atom is 0.227 e. The predicted octanol–water partition coefficient (Wildman–Crippen LogP) is 4.39. The van der Waals surface area contributed by atoms with Gasteiger partial charge in [0.1, 0.15) is 0 Å². The Kier molecular flexibility index (Phi) is 6.16. The first-order valence-electron chi connectivity index (χ1n) is 9.67. The summed E-state index contributed by atoms with van der Waals surface area (Å²) in [6.45, 7) is 8.19. The van der Waals surface area contributed by atoms with Crippen LogP contribution >= 0.6 is 0 Å². The van der Waals surface area contributed by atoms with E-state index >= 15 is 0 Å². The summed E-state index contributed by atoms with van der Waals surface area (Å²) in [5.41, 5.74) is 3.40. The molecule has 1 amide bonds. The van der Waals surface area contributed by atoms with Gasteiger partial charge < -0.3 is 15.1 Å². The van der Waals surface area contributed by atoms with Gasteiger partial charge in [0, 0.05) is 49.2 Å². The minimum atomic E-state index is 0.0979. The molecule has 2 aromatic rings. The summed E-state index contributed by atoms with van der Waals surface area (Å²) in [7, 11) is 0. The van der Waals surface area contributed by atoms with Crippen LogP contribution in [0.5, 0.6) is 0 Å². The number of benzene rings is 2. The van der Waals surface area contributed by atoms with Crippen LogP contribution < -0.4 is 15.1 Å². The molecule has 0 spiro atoms. The molecule has 1 aliphatic rings. The Morgan fingerprint density at radius 3 is 1.85 bits per heavy atom. The molecule has 1 heterocycles. The Bertz CT molecular complexity index is 687. The lowest BCUT2D eigenvalue weighted by molar-refractivity contribution is -0.120. The number of amides is 1. The number of rotatable bonds is 6. The molecular formula is C22H29N3O. The molecule has 4 heteroatoms. The highest BCUT2D eigenvalue weighted by molar-refractivity contribution is 5.92. The molecule has 0 saturated carbocycles. The maximum absolute atomic E-state index is 12.2. The quantitative estimate of drug-likeness (QED) is 0.838. The molecule has 0 radical (unpaired) electrons. The monoisotopic (exact) mass is 351 g/mol. The van der Waals surface area contributed by atoms with Crippen LogP contribution in [-0.4, -0.2) is 32.1 Å². The summed E-state index contributed by atoms with van der Waals surface area (Å²) in [6.07, 6.45) is 1.76. The van der Waals surface area contributed by atoms with Crippen LogP contribution in [0.4, 0.5) is 17.1 Å². The van der Waals surface area contributed by atoms with E-state index in [1.165, 1.54) is 11.4 Å². The molecule has 26 heavy (non-hydrogen) atoms. The number of nitrogens with one attached hydrogen (secondary N) is 1. The van der Waals surface area contributed by atoms with Gasteiger partial charge in [-0.05, 0) is 49.2 Å². The van der Waals surface area contributed by atoms with Crippen LogP contribution in [0, 0.1) is 5.92 Å². The van der Waals surface area contributed by atoms with Gasteiger partial charge in [-0.15, -0.1) is 0 Å². The highest BCUT2D eigenvalue weighted by atomic mass is 16.1.